The van der Waals surface area contributed by atoms with Gasteiger partial charge in [-0.05, 0) is 36.6 Å². The van der Waals surface area contributed by atoms with Gasteiger partial charge in [0, 0.05) is 25.4 Å². The number of carbonyl (C=O) groups is 3. The van der Waals surface area contributed by atoms with Crippen molar-refractivity contribution < 1.29 is 14.4 Å². The van der Waals surface area contributed by atoms with Crippen LogP contribution in [0.1, 0.15) is 36.9 Å². The Morgan fingerprint density at radius 3 is 2.59 bits per heavy atom. The van der Waals surface area contributed by atoms with Crippen molar-refractivity contribution in [3.63, 3.8) is 0 Å². The average molecular weight is 366 g/mol. The highest BCUT2D eigenvalue weighted by Gasteiger charge is 2.40. The van der Waals surface area contributed by atoms with Crippen molar-refractivity contribution >= 4 is 17.8 Å². The Morgan fingerprint density at radius 1 is 1.19 bits per heavy atom. The molecule has 140 valence electrons. The fraction of sp³-hybridized carbons (Fsp3) is 0.300. The van der Waals surface area contributed by atoms with Crippen LogP contribution in [0.4, 0.5) is 4.79 Å². The maximum atomic E-state index is 12.6. The third-order valence-electron chi connectivity index (χ3n) is 4.62. The second kappa shape index (κ2) is 8.44. The highest BCUT2D eigenvalue weighted by atomic mass is 16.2. The van der Waals surface area contributed by atoms with Gasteiger partial charge in [0.1, 0.15) is 6.04 Å². The number of amides is 4. The zero-order chi connectivity index (χ0) is 19.2. The predicted octanol–water partition coefficient (Wildman–Crippen LogP) is 2.16. The molecule has 0 bridgehead atoms. The summed E-state index contributed by atoms with van der Waals surface area (Å²) in [6, 6.07) is 11.6. The van der Waals surface area contributed by atoms with Gasteiger partial charge in [0.15, 0.2) is 0 Å². The van der Waals surface area contributed by atoms with Crippen LogP contribution < -0.4 is 10.6 Å². The van der Waals surface area contributed by atoms with Crippen LogP contribution in [-0.2, 0) is 16.1 Å². The van der Waals surface area contributed by atoms with Gasteiger partial charge in [-0.2, -0.15) is 0 Å². The molecule has 0 aliphatic carbocycles. The van der Waals surface area contributed by atoms with E-state index in [0.717, 1.165) is 11.1 Å². The number of aromatic nitrogens is 1. The second-order valence-electron chi connectivity index (χ2n) is 6.47. The molecule has 1 aliphatic rings. The fourth-order valence-corrected chi connectivity index (χ4v) is 3.06. The van der Waals surface area contributed by atoms with Crippen LogP contribution in [0.15, 0.2) is 54.9 Å². The number of carbonyl (C=O) groups excluding carboxylic acids is 3. The summed E-state index contributed by atoms with van der Waals surface area (Å²) in [6.07, 6.45) is 3.76. The quantitative estimate of drug-likeness (QED) is 0.735. The molecular formula is C20H22N4O3. The zero-order valence-corrected chi connectivity index (χ0v) is 15.1. The zero-order valence-electron chi connectivity index (χ0n) is 15.1. The number of nitrogens with one attached hydrogen (secondary N) is 2. The van der Waals surface area contributed by atoms with Crippen LogP contribution in [-0.4, -0.2) is 33.8 Å². The molecule has 0 saturated carbocycles. The van der Waals surface area contributed by atoms with Crippen molar-refractivity contribution in [3.05, 3.63) is 66.0 Å². The minimum absolute atomic E-state index is 0.162. The largest absolute Gasteiger partial charge is 0.352 e. The van der Waals surface area contributed by atoms with E-state index in [0.29, 0.717) is 6.54 Å². The molecule has 4 amide bonds. The van der Waals surface area contributed by atoms with E-state index in [-0.39, 0.29) is 30.7 Å². The Hall–Kier alpha value is -3.22. The first kappa shape index (κ1) is 18.6. The summed E-state index contributed by atoms with van der Waals surface area (Å²) < 4.78 is 0. The summed E-state index contributed by atoms with van der Waals surface area (Å²) in [5, 5.41) is 5.49. The number of hydrogen-bond acceptors (Lipinski definition) is 4. The molecule has 1 fully saturated rings. The van der Waals surface area contributed by atoms with Crippen LogP contribution in [0.3, 0.4) is 0 Å². The Balaban J connectivity index is 1.52. The lowest BCUT2D eigenvalue weighted by Crippen LogP contribution is -2.34. The number of nitrogens with zero attached hydrogens (tertiary/aromatic N) is 2. The van der Waals surface area contributed by atoms with Crippen molar-refractivity contribution in [1.29, 1.82) is 0 Å². The number of pyridine rings is 1. The molecule has 1 aromatic heterocycles. The Bertz CT molecular complexity index is 810. The first-order chi connectivity index (χ1) is 13.1. The summed E-state index contributed by atoms with van der Waals surface area (Å²) >= 11 is 0. The van der Waals surface area contributed by atoms with Crippen molar-refractivity contribution in [2.75, 3.05) is 0 Å². The number of imide groups is 1. The summed E-state index contributed by atoms with van der Waals surface area (Å²) in [6.45, 7) is 2.22. The molecule has 7 nitrogen and oxygen atoms in total. The monoisotopic (exact) mass is 366 g/mol. The topological polar surface area (TPSA) is 91.4 Å². The van der Waals surface area contributed by atoms with Crippen LogP contribution in [0.2, 0.25) is 0 Å². The van der Waals surface area contributed by atoms with E-state index in [1.807, 2.05) is 49.4 Å². The molecule has 2 aromatic rings. The summed E-state index contributed by atoms with van der Waals surface area (Å²) in [4.78, 5) is 42.1. The van der Waals surface area contributed by atoms with E-state index in [2.05, 4.69) is 15.6 Å². The maximum Gasteiger partial charge on any atom is 0.325 e. The normalized spacial score (nSPS) is 17.5. The Kier molecular flexibility index (Phi) is 5.80. The van der Waals surface area contributed by atoms with Crippen LogP contribution in [0.5, 0.6) is 0 Å². The maximum absolute atomic E-state index is 12.6. The second-order valence-corrected chi connectivity index (χ2v) is 6.47. The smallest absolute Gasteiger partial charge is 0.325 e. The lowest BCUT2D eigenvalue weighted by molar-refractivity contribution is -0.129. The van der Waals surface area contributed by atoms with Crippen molar-refractivity contribution in [2.45, 2.75) is 38.4 Å². The fourth-order valence-electron chi connectivity index (χ4n) is 3.06. The third kappa shape index (κ3) is 4.49. The average Bonchev–Trinajstić information content (AvgIpc) is 2.99. The molecule has 27 heavy (non-hydrogen) atoms. The SMILES string of the molecule is C[C@H](c1ccccc1)N1C(=O)N[C@@H](CCC(=O)NCc2ccncc2)C1=O. The first-order valence-electron chi connectivity index (χ1n) is 8.90. The van der Waals surface area contributed by atoms with Gasteiger partial charge in [-0.25, -0.2) is 4.79 Å². The molecule has 2 N–H and O–H groups in total. The number of rotatable bonds is 7. The van der Waals surface area contributed by atoms with Crippen molar-refractivity contribution in [2.24, 2.45) is 0 Å². The van der Waals surface area contributed by atoms with E-state index in [1.54, 1.807) is 12.4 Å². The van der Waals surface area contributed by atoms with Gasteiger partial charge >= 0.3 is 6.03 Å². The Morgan fingerprint density at radius 2 is 1.89 bits per heavy atom. The predicted molar refractivity (Wildman–Crippen MR) is 99.3 cm³/mol. The molecule has 2 heterocycles. The number of hydrogen-bond donors (Lipinski definition) is 2. The molecule has 1 aromatic carbocycles. The van der Waals surface area contributed by atoms with Crippen molar-refractivity contribution in [3.8, 4) is 0 Å². The van der Waals surface area contributed by atoms with Crippen molar-refractivity contribution in [1.82, 2.24) is 20.5 Å². The van der Waals surface area contributed by atoms with Crippen LogP contribution in [0, 0.1) is 0 Å². The Labute approximate surface area is 157 Å². The molecule has 0 radical (unpaired) electrons. The van der Waals surface area contributed by atoms with E-state index >= 15 is 0 Å². The van der Waals surface area contributed by atoms with Gasteiger partial charge in [-0.15, -0.1) is 0 Å². The number of urea groups is 1. The summed E-state index contributed by atoms with van der Waals surface area (Å²) in [7, 11) is 0. The molecule has 2 atom stereocenters. The standard InChI is InChI=1S/C20H22N4O3/c1-14(16-5-3-2-4-6-16)24-19(26)17(23-20(24)27)7-8-18(25)22-13-15-9-11-21-12-10-15/h2-6,9-12,14,17H,7-8,13H2,1H3,(H,22,25)(H,23,27)/t14-,17+/m1/s1. The van der Waals surface area contributed by atoms with Crippen LogP contribution >= 0.6 is 0 Å². The summed E-state index contributed by atoms with van der Waals surface area (Å²) in [5.41, 5.74) is 1.84. The van der Waals surface area contributed by atoms with E-state index in [4.69, 9.17) is 0 Å². The molecule has 0 unspecified atom stereocenters. The van der Waals surface area contributed by atoms with Gasteiger partial charge in [-0.1, -0.05) is 30.3 Å². The molecule has 7 heteroatoms. The molecule has 1 aliphatic heterocycles. The first-order valence-corrected chi connectivity index (χ1v) is 8.90. The van der Waals surface area contributed by atoms with E-state index in [1.165, 1.54) is 4.90 Å². The summed E-state index contributed by atoms with van der Waals surface area (Å²) in [5.74, 6) is -0.457. The molecule has 1 saturated heterocycles. The van der Waals surface area contributed by atoms with Gasteiger partial charge in [-0.3, -0.25) is 19.5 Å². The lowest BCUT2D eigenvalue weighted by atomic mass is 10.1. The van der Waals surface area contributed by atoms with Gasteiger partial charge in [0.25, 0.3) is 5.91 Å². The van der Waals surface area contributed by atoms with Gasteiger partial charge in [0.05, 0.1) is 6.04 Å². The third-order valence-corrected chi connectivity index (χ3v) is 4.62. The molecular weight excluding hydrogens is 344 g/mol. The minimum Gasteiger partial charge on any atom is -0.352 e. The minimum atomic E-state index is -0.671. The van der Waals surface area contributed by atoms with Gasteiger partial charge < -0.3 is 10.6 Å². The van der Waals surface area contributed by atoms with E-state index < -0.39 is 12.1 Å². The molecule has 3 rings (SSSR count). The molecule has 0 spiro atoms. The highest BCUT2D eigenvalue weighted by molar-refractivity contribution is 6.04. The van der Waals surface area contributed by atoms with Crippen LogP contribution in [0.25, 0.3) is 0 Å². The highest BCUT2D eigenvalue weighted by Crippen LogP contribution is 2.25. The van der Waals surface area contributed by atoms with Gasteiger partial charge in [0.2, 0.25) is 5.91 Å². The number of benzene rings is 1. The lowest BCUT2D eigenvalue weighted by Gasteiger charge is -2.21. The van der Waals surface area contributed by atoms with E-state index in [9.17, 15) is 14.4 Å².